The largest absolute Gasteiger partial charge is 0.228 e. The lowest BCUT2D eigenvalue weighted by Crippen LogP contribution is -2.21. The molecule has 62 valence electrons. The van der Waals surface area contributed by atoms with Crippen LogP contribution in [0.25, 0.3) is 0 Å². The molecule has 3 heteroatoms. The fourth-order valence-electron chi connectivity index (χ4n) is 1.90. The van der Waals surface area contributed by atoms with Gasteiger partial charge in [-0.25, -0.2) is 8.42 Å². The average Bonchev–Trinajstić information content (AvgIpc) is 2.00. The number of fused-ring (bicyclic) bond motifs is 2. The predicted octanol–water partition coefficient (Wildman–Crippen LogP) is 1.28. The molecule has 0 aromatic carbocycles. The summed E-state index contributed by atoms with van der Waals surface area (Å²) in [6.07, 6.45) is 7.58. The summed E-state index contributed by atoms with van der Waals surface area (Å²) in [4.78, 5) is 0. The molecular formula is C8H12O2S. The second-order valence-electron chi connectivity index (χ2n) is 3.34. The van der Waals surface area contributed by atoms with Crippen LogP contribution in [-0.2, 0) is 9.84 Å². The van der Waals surface area contributed by atoms with Crippen molar-refractivity contribution in [2.45, 2.75) is 36.2 Å². The van der Waals surface area contributed by atoms with E-state index in [2.05, 4.69) is 0 Å². The summed E-state index contributed by atoms with van der Waals surface area (Å²) in [5.41, 5.74) is 0. The first-order valence-corrected chi connectivity index (χ1v) is 5.73. The Balaban J connectivity index is 2.40. The van der Waals surface area contributed by atoms with Crippen molar-refractivity contribution in [3.8, 4) is 0 Å². The van der Waals surface area contributed by atoms with Crippen LogP contribution in [0.15, 0.2) is 12.2 Å². The molecule has 0 unspecified atom stereocenters. The first-order chi connectivity index (χ1) is 5.21. The van der Waals surface area contributed by atoms with Crippen LogP contribution in [0.3, 0.4) is 0 Å². The molecular weight excluding hydrogens is 160 g/mol. The van der Waals surface area contributed by atoms with Crippen LogP contribution in [0, 0.1) is 0 Å². The average molecular weight is 172 g/mol. The van der Waals surface area contributed by atoms with Crippen molar-refractivity contribution < 1.29 is 8.42 Å². The number of rotatable bonds is 0. The van der Waals surface area contributed by atoms with Crippen molar-refractivity contribution in [3.05, 3.63) is 12.2 Å². The van der Waals surface area contributed by atoms with Crippen LogP contribution in [0.1, 0.15) is 25.7 Å². The van der Waals surface area contributed by atoms with Crippen molar-refractivity contribution >= 4 is 9.84 Å². The van der Waals surface area contributed by atoms with Crippen LogP contribution >= 0.6 is 0 Å². The topological polar surface area (TPSA) is 34.1 Å². The summed E-state index contributed by atoms with van der Waals surface area (Å²) < 4.78 is 23.1. The summed E-state index contributed by atoms with van der Waals surface area (Å²) >= 11 is 0. The number of hydrogen-bond acceptors (Lipinski definition) is 2. The summed E-state index contributed by atoms with van der Waals surface area (Å²) in [5, 5.41) is -0.287. The van der Waals surface area contributed by atoms with E-state index in [4.69, 9.17) is 0 Å². The Hall–Kier alpha value is -0.310. The fourth-order valence-corrected chi connectivity index (χ4v) is 3.96. The summed E-state index contributed by atoms with van der Waals surface area (Å²) in [5.74, 6) is 0. The van der Waals surface area contributed by atoms with Gasteiger partial charge in [-0.15, -0.1) is 0 Å². The minimum atomic E-state index is -2.78. The maximum Gasteiger partial charge on any atom is 0.163 e. The number of hydrogen-bond donors (Lipinski definition) is 0. The van der Waals surface area contributed by atoms with E-state index >= 15 is 0 Å². The van der Waals surface area contributed by atoms with E-state index < -0.39 is 9.84 Å². The quantitative estimate of drug-likeness (QED) is 0.516. The van der Waals surface area contributed by atoms with Gasteiger partial charge in [0.1, 0.15) is 0 Å². The first kappa shape index (κ1) is 7.35. The predicted molar refractivity (Wildman–Crippen MR) is 44.1 cm³/mol. The standard InChI is InChI=1S/C8H12O2S/c9-11(10)7-3-1-2-4-8(11)6-5-7/h5-8H,1-4H2/t7-,8-/m1/s1. The van der Waals surface area contributed by atoms with Crippen molar-refractivity contribution in [3.63, 3.8) is 0 Å². The molecule has 2 bridgehead atoms. The highest BCUT2D eigenvalue weighted by Crippen LogP contribution is 2.31. The Kier molecular flexibility index (Phi) is 1.56. The molecule has 1 saturated heterocycles. The fraction of sp³-hybridized carbons (Fsp3) is 0.750. The van der Waals surface area contributed by atoms with Gasteiger partial charge in [-0.2, -0.15) is 0 Å². The van der Waals surface area contributed by atoms with Gasteiger partial charge in [-0.05, 0) is 12.8 Å². The molecule has 2 heterocycles. The Bertz CT molecular complexity index is 254. The third-order valence-electron chi connectivity index (χ3n) is 2.61. The Labute approximate surface area is 67.2 Å². The maximum atomic E-state index is 11.5. The van der Waals surface area contributed by atoms with Crippen LogP contribution in [-0.4, -0.2) is 18.9 Å². The summed E-state index contributed by atoms with van der Waals surface area (Å²) in [6, 6.07) is 0. The normalized spacial score (nSPS) is 40.4. The van der Waals surface area contributed by atoms with E-state index in [1.165, 1.54) is 0 Å². The van der Waals surface area contributed by atoms with Crippen molar-refractivity contribution in [1.29, 1.82) is 0 Å². The zero-order valence-electron chi connectivity index (χ0n) is 6.36. The van der Waals surface area contributed by atoms with Gasteiger partial charge in [0.25, 0.3) is 0 Å². The van der Waals surface area contributed by atoms with E-state index in [9.17, 15) is 8.42 Å². The molecule has 0 aromatic rings. The third kappa shape index (κ3) is 1.02. The van der Waals surface area contributed by atoms with Gasteiger partial charge in [-0.3, -0.25) is 0 Å². The molecule has 2 rings (SSSR count). The van der Waals surface area contributed by atoms with Crippen molar-refractivity contribution in [2.24, 2.45) is 0 Å². The van der Waals surface area contributed by atoms with Crippen molar-refractivity contribution in [2.75, 3.05) is 0 Å². The molecule has 0 radical (unpaired) electrons. The monoisotopic (exact) mass is 172 g/mol. The molecule has 2 aliphatic heterocycles. The Morgan fingerprint density at radius 2 is 1.45 bits per heavy atom. The van der Waals surface area contributed by atoms with Crippen molar-refractivity contribution in [1.82, 2.24) is 0 Å². The van der Waals surface area contributed by atoms with Gasteiger partial charge in [0.05, 0.1) is 10.5 Å². The van der Waals surface area contributed by atoms with Crippen LogP contribution < -0.4 is 0 Å². The Morgan fingerprint density at radius 1 is 1.00 bits per heavy atom. The van der Waals surface area contributed by atoms with Crippen LogP contribution in [0.5, 0.6) is 0 Å². The lowest BCUT2D eigenvalue weighted by atomic mass is 10.1. The second-order valence-corrected chi connectivity index (χ2v) is 5.72. The third-order valence-corrected chi connectivity index (χ3v) is 5.09. The molecule has 0 aliphatic carbocycles. The highest BCUT2D eigenvalue weighted by Gasteiger charge is 2.37. The summed E-state index contributed by atoms with van der Waals surface area (Å²) in [6.45, 7) is 0. The zero-order valence-corrected chi connectivity index (χ0v) is 7.18. The van der Waals surface area contributed by atoms with E-state index in [0.717, 1.165) is 25.7 Å². The molecule has 0 saturated carbocycles. The SMILES string of the molecule is O=S1(=O)[C@H]2C=C[C@H]1CCCC2. The number of sulfone groups is 1. The zero-order chi connectivity index (χ0) is 7.90. The van der Waals surface area contributed by atoms with Gasteiger partial charge in [0.15, 0.2) is 9.84 Å². The first-order valence-electron chi connectivity index (χ1n) is 4.12. The molecule has 2 nitrogen and oxygen atoms in total. The van der Waals surface area contributed by atoms with Crippen LogP contribution in [0.4, 0.5) is 0 Å². The van der Waals surface area contributed by atoms with Gasteiger partial charge in [0, 0.05) is 0 Å². The lowest BCUT2D eigenvalue weighted by molar-refractivity contribution is 0.585. The molecule has 0 aromatic heterocycles. The molecule has 2 aliphatic rings. The minimum Gasteiger partial charge on any atom is -0.228 e. The van der Waals surface area contributed by atoms with E-state index in [1.807, 2.05) is 12.2 Å². The maximum absolute atomic E-state index is 11.5. The molecule has 1 fully saturated rings. The Morgan fingerprint density at radius 3 is 1.91 bits per heavy atom. The highest BCUT2D eigenvalue weighted by atomic mass is 32.2. The van der Waals surface area contributed by atoms with E-state index in [-0.39, 0.29) is 10.5 Å². The van der Waals surface area contributed by atoms with E-state index in [0.29, 0.717) is 0 Å². The van der Waals surface area contributed by atoms with Gasteiger partial charge in [-0.1, -0.05) is 25.0 Å². The smallest absolute Gasteiger partial charge is 0.163 e. The van der Waals surface area contributed by atoms with Gasteiger partial charge >= 0.3 is 0 Å². The molecule has 2 atom stereocenters. The van der Waals surface area contributed by atoms with E-state index in [1.54, 1.807) is 0 Å². The summed E-state index contributed by atoms with van der Waals surface area (Å²) in [7, 11) is -2.78. The molecule has 11 heavy (non-hydrogen) atoms. The van der Waals surface area contributed by atoms with Crippen LogP contribution in [0.2, 0.25) is 0 Å². The second kappa shape index (κ2) is 2.34. The molecule has 0 spiro atoms. The van der Waals surface area contributed by atoms with Gasteiger partial charge in [0.2, 0.25) is 0 Å². The minimum absolute atomic E-state index is 0.144. The lowest BCUT2D eigenvalue weighted by Gasteiger charge is -2.06. The highest BCUT2D eigenvalue weighted by molar-refractivity contribution is 7.93. The molecule has 0 amide bonds. The van der Waals surface area contributed by atoms with Gasteiger partial charge < -0.3 is 0 Å². The molecule has 0 N–H and O–H groups in total.